The summed E-state index contributed by atoms with van der Waals surface area (Å²) in [7, 11) is 0. The third-order valence-electron chi connectivity index (χ3n) is 10.1. The Morgan fingerprint density at radius 1 is 0.302 bits per heavy atom. The van der Waals surface area contributed by atoms with Crippen molar-refractivity contribution in [2.75, 3.05) is 0 Å². The van der Waals surface area contributed by atoms with Crippen LogP contribution in [0.5, 0.6) is 0 Å². The van der Waals surface area contributed by atoms with Crippen LogP contribution < -0.4 is 0 Å². The molecule has 0 fully saturated rings. The number of thiophene rings is 1. The zero-order valence-electron chi connectivity index (χ0n) is 28.8. The molecule has 0 radical (unpaired) electrons. The highest BCUT2D eigenvalue weighted by molar-refractivity contribution is 7.25. The first-order valence-corrected chi connectivity index (χ1v) is 18.7. The topological polar surface area (TPSA) is 25.8 Å². The Hall–Kier alpha value is -6.68. The predicted octanol–water partition coefficient (Wildman–Crippen LogP) is 14.0. The lowest BCUT2D eigenvalue weighted by Gasteiger charge is -2.15. The van der Waals surface area contributed by atoms with Crippen LogP contribution in [-0.2, 0) is 0 Å². The van der Waals surface area contributed by atoms with Gasteiger partial charge >= 0.3 is 0 Å². The summed E-state index contributed by atoms with van der Waals surface area (Å²) in [6.45, 7) is 0. The highest BCUT2D eigenvalue weighted by atomic mass is 32.1. The van der Waals surface area contributed by atoms with Crippen molar-refractivity contribution in [2.45, 2.75) is 0 Å². The highest BCUT2D eigenvalue weighted by Gasteiger charge is 2.16. The summed E-state index contributed by atoms with van der Waals surface area (Å²) in [6.07, 6.45) is 0. The fraction of sp³-hybridized carbons (Fsp3) is 0. The van der Waals surface area contributed by atoms with Gasteiger partial charge in [-0.25, -0.2) is 9.97 Å². The van der Waals surface area contributed by atoms with Crippen LogP contribution in [0.4, 0.5) is 0 Å². The first-order valence-electron chi connectivity index (χ1n) is 17.9. The average Bonchev–Trinajstić information content (AvgIpc) is 3.62. The summed E-state index contributed by atoms with van der Waals surface area (Å²) in [5.41, 5.74) is 11.9. The van der Waals surface area contributed by atoms with Gasteiger partial charge in [0, 0.05) is 36.9 Å². The van der Waals surface area contributed by atoms with Crippen molar-refractivity contribution in [1.29, 1.82) is 0 Å². The number of hydrogen-bond donors (Lipinski definition) is 0. The first-order chi connectivity index (χ1) is 26.2. The van der Waals surface area contributed by atoms with E-state index in [0.717, 1.165) is 39.2 Å². The molecule has 0 saturated carbocycles. The summed E-state index contributed by atoms with van der Waals surface area (Å²) in [6, 6.07) is 69.4. The van der Waals surface area contributed by atoms with Crippen molar-refractivity contribution < 1.29 is 0 Å². The Bertz CT molecular complexity index is 2950. The van der Waals surface area contributed by atoms with Crippen molar-refractivity contribution in [1.82, 2.24) is 9.97 Å². The van der Waals surface area contributed by atoms with Crippen molar-refractivity contribution in [3.63, 3.8) is 0 Å². The van der Waals surface area contributed by atoms with Gasteiger partial charge in [-0.05, 0) is 92.7 Å². The fourth-order valence-corrected chi connectivity index (χ4v) is 8.50. The van der Waals surface area contributed by atoms with Crippen LogP contribution >= 0.6 is 11.3 Å². The maximum Gasteiger partial charge on any atom is 0.160 e. The van der Waals surface area contributed by atoms with Crippen LogP contribution in [0.3, 0.4) is 0 Å². The minimum absolute atomic E-state index is 0.704. The number of benzene rings is 8. The molecule has 0 amide bonds. The van der Waals surface area contributed by atoms with E-state index in [1.165, 1.54) is 53.2 Å². The molecule has 0 aliphatic carbocycles. The molecule has 2 nitrogen and oxygen atoms in total. The summed E-state index contributed by atoms with van der Waals surface area (Å²) in [5, 5.41) is 4.94. The van der Waals surface area contributed by atoms with E-state index in [4.69, 9.17) is 9.97 Å². The number of nitrogens with zero attached hydrogens (tertiary/aromatic N) is 2. The lowest BCUT2D eigenvalue weighted by molar-refractivity contribution is 1.18. The SMILES string of the molecule is c1ccc(-c2cc(-c3cc(-c4ccc5sc6ccccc6c5c4)cc(-c4ccccc4-c4ccccc4)c3)nc(-c3ccc4ccccc4c3)n2)cc1. The lowest BCUT2D eigenvalue weighted by Crippen LogP contribution is -1.97. The van der Waals surface area contributed by atoms with Gasteiger partial charge in [0.1, 0.15) is 0 Å². The summed E-state index contributed by atoms with van der Waals surface area (Å²) < 4.78 is 2.60. The average molecular weight is 693 g/mol. The van der Waals surface area contributed by atoms with Crippen LogP contribution in [0.15, 0.2) is 194 Å². The molecule has 53 heavy (non-hydrogen) atoms. The molecule has 0 spiro atoms. The molecule has 0 aliphatic heterocycles. The monoisotopic (exact) mass is 692 g/mol. The van der Waals surface area contributed by atoms with Gasteiger partial charge in [0.15, 0.2) is 5.82 Å². The molecule has 0 aliphatic rings. The predicted molar refractivity (Wildman–Crippen MR) is 225 cm³/mol. The molecule has 0 unspecified atom stereocenters. The maximum absolute atomic E-state index is 5.33. The third-order valence-corrected chi connectivity index (χ3v) is 11.2. The van der Waals surface area contributed by atoms with E-state index in [-0.39, 0.29) is 0 Å². The Balaban J connectivity index is 1.22. The quantitative estimate of drug-likeness (QED) is 0.173. The highest BCUT2D eigenvalue weighted by Crippen LogP contribution is 2.41. The zero-order valence-corrected chi connectivity index (χ0v) is 29.6. The van der Waals surface area contributed by atoms with Gasteiger partial charge < -0.3 is 0 Å². The summed E-state index contributed by atoms with van der Waals surface area (Å²) in [5.74, 6) is 0.704. The van der Waals surface area contributed by atoms with E-state index >= 15 is 0 Å². The van der Waals surface area contributed by atoms with Crippen LogP contribution in [0, 0.1) is 0 Å². The van der Waals surface area contributed by atoms with Crippen LogP contribution in [0.25, 0.3) is 98.2 Å². The van der Waals surface area contributed by atoms with Gasteiger partial charge in [-0.2, -0.15) is 0 Å². The Morgan fingerprint density at radius 3 is 1.70 bits per heavy atom. The smallest absolute Gasteiger partial charge is 0.160 e. The van der Waals surface area contributed by atoms with Crippen LogP contribution in [0.1, 0.15) is 0 Å². The second kappa shape index (κ2) is 13.1. The zero-order chi connectivity index (χ0) is 35.1. The molecule has 10 rings (SSSR count). The molecule has 248 valence electrons. The molecule has 2 heterocycles. The molecule has 0 bridgehead atoms. The van der Waals surface area contributed by atoms with Gasteiger partial charge in [0.05, 0.1) is 11.4 Å². The third kappa shape index (κ3) is 5.87. The second-order valence-electron chi connectivity index (χ2n) is 13.4. The fourth-order valence-electron chi connectivity index (χ4n) is 7.42. The van der Waals surface area contributed by atoms with Gasteiger partial charge in [0.25, 0.3) is 0 Å². The molecule has 8 aromatic carbocycles. The largest absolute Gasteiger partial charge is 0.228 e. The number of fused-ring (bicyclic) bond motifs is 4. The molecule has 0 N–H and O–H groups in total. The molecule has 0 atom stereocenters. The number of hydrogen-bond acceptors (Lipinski definition) is 3. The number of aromatic nitrogens is 2. The molecular formula is C50H32N2S. The minimum Gasteiger partial charge on any atom is -0.228 e. The van der Waals surface area contributed by atoms with Gasteiger partial charge in [-0.15, -0.1) is 11.3 Å². The second-order valence-corrected chi connectivity index (χ2v) is 14.5. The Labute approximate surface area is 312 Å². The summed E-state index contributed by atoms with van der Waals surface area (Å²) in [4.78, 5) is 10.5. The lowest BCUT2D eigenvalue weighted by atomic mass is 9.90. The standard InChI is InChI=1S/C50H32N2S/c1-3-14-34(15-4-1)42-19-9-10-20-43(42)40-28-39(37-25-26-49-45(31-37)44-21-11-12-22-48(44)53-49)29-41(30-40)47-32-46(35-16-5-2-6-17-35)51-50(52-47)38-24-23-33-13-7-8-18-36(33)27-38/h1-32H. The van der Waals surface area contributed by atoms with E-state index in [2.05, 4.69) is 188 Å². The molecule has 10 aromatic rings. The molecular weight excluding hydrogens is 661 g/mol. The van der Waals surface area contributed by atoms with E-state index in [1.807, 2.05) is 17.4 Å². The Morgan fingerprint density at radius 2 is 0.887 bits per heavy atom. The van der Waals surface area contributed by atoms with Crippen molar-refractivity contribution in [2.24, 2.45) is 0 Å². The van der Waals surface area contributed by atoms with Gasteiger partial charge in [-0.1, -0.05) is 146 Å². The molecule has 3 heteroatoms. The van der Waals surface area contributed by atoms with Gasteiger partial charge in [-0.3, -0.25) is 0 Å². The van der Waals surface area contributed by atoms with Crippen molar-refractivity contribution in [3.8, 4) is 67.3 Å². The molecule has 2 aromatic heterocycles. The van der Waals surface area contributed by atoms with E-state index in [1.54, 1.807) is 0 Å². The normalized spacial score (nSPS) is 11.4. The van der Waals surface area contributed by atoms with Gasteiger partial charge in [0.2, 0.25) is 0 Å². The van der Waals surface area contributed by atoms with Crippen LogP contribution in [-0.4, -0.2) is 9.97 Å². The maximum atomic E-state index is 5.33. The van der Waals surface area contributed by atoms with E-state index in [0.29, 0.717) is 5.82 Å². The molecule has 0 saturated heterocycles. The van der Waals surface area contributed by atoms with Crippen LogP contribution in [0.2, 0.25) is 0 Å². The minimum atomic E-state index is 0.704. The number of rotatable bonds is 6. The van der Waals surface area contributed by atoms with E-state index < -0.39 is 0 Å². The van der Waals surface area contributed by atoms with Crippen molar-refractivity contribution in [3.05, 3.63) is 194 Å². The first kappa shape index (κ1) is 31.1. The van der Waals surface area contributed by atoms with E-state index in [9.17, 15) is 0 Å². The summed E-state index contributed by atoms with van der Waals surface area (Å²) >= 11 is 1.85. The Kier molecular flexibility index (Phi) is 7.71. The van der Waals surface area contributed by atoms with Crippen molar-refractivity contribution >= 4 is 42.3 Å².